The number of carbonyl (C=O) groups excluding carboxylic acids is 2. The average Bonchev–Trinajstić information content (AvgIpc) is 2.56. The number of anilines is 1. The summed E-state index contributed by atoms with van der Waals surface area (Å²) >= 11 is 5.93. The van der Waals surface area contributed by atoms with E-state index in [4.69, 9.17) is 11.6 Å². The molecule has 0 atom stereocenters. The minimum atomic E-state index is -0.873. The number of hydrogen-bond donors (Lipinski definition) is 2. The Hall–Kier alpha value is -2.66. The van der Waals surface area contributed by atoms with Gasteiger partial charge in [-0.05, 0) is 28.7 Å². The van der Waals surface area contributed by atoms with Crippen molar-refractivity contribution in [2.24, 2.45) is 5.10 Å². The van der Waals surface area contributed by atoms with Gasteiger partial charge in [-0.1, -0.05) is 68.8 Å². The number of para-hydroxylation sites is 1. The molecule has 2 N–H and O–H groups in total. The maximum absolute atomic E-state index is 11.8. The first-order chi connectivity index (χ1) is 11.8. The second-order valence-corrected chi connectivity index (χ2v) is 6.91. The van der Waals surface area contributed by atoms with Gasteiger partial charge in [0.15, 0.2) is 0 Å². The number of halogens is 1. The van der Waals surface area contributed by atoms with Crippen LogP contribution in [0.4, 0.5) is 5.69 Å². The molecule has 0 aromatic heterocycles. The third kappa shape index (κ3) is 5.43. The van der Waals surface area contributed by atoms with Gasteiger partial charge in [0, 0.05) is 0 Å². The third-order valence-corrected chi connectivity index (χ3v) is 3.81. The van der Waals surface area contributed by atoms with Gasteiger partial charge in [-0.2, -0.15) is 5.10 Å². The summed E-state index contributed by atoms with van der Waals surface area (Å²) in [5.41, 5.74) is 4.65. The van der Waals surface area contributed by atoms with Crippen LogP contribution in [0.3, 0.4) is 0 Å². The zero-order chi connectivity index (χ0) is 18.4. The number of nitrogens with zero attached hydrogens (tertiary/aromatic N) is 1. The highest BCUT2D eigenvalue weighted by molar-refractivity contribution is 6.41. The molecule has 2 rings (SSSR count). The molecule has 2 aromatic rings. The van der Waals surface area contributed by atoms with Crippen molar-refractivity contribution in [1.29, 1.82) is 0 Å². The van der Waals surface area contributed by atoms with E-state index in [1.54, 1.807) is 24.3 Å². The quantitative estimate of drug-likeness (QED) is 0.499. The number of benzene rings is 2. The Morgan fingerprint density at radius 1 is 1.00 bits per heavy atom. The van der Waals surface area contributed by atoms with Crippen molar-refractivity contribution in [3.8, 4) is 0 Å². The first-order valence-corrected chi connectivity index (χ1v) is 8.14. The van der Waals surface area contributed by atoms with Crippen LogP contribution in [0, 0.1) is 0 Å². The van der Waals surface area contributed by atoms with Crippen LogP contribution in [0.15, 0.2) is 53.6 Å². The fourth-order valence-electron chi connectivity index (χ4n) is 2.03. The molecule has 0 radical (unpaired) electrons. The highest BCUT2D eigenvalue weighted by Gasteiger charge is 2.14. The summed E-state index contributed by atoms with van der Waals surface area (Å²) in [5, 5.41) is 6.58. The van der Waals surface area contributed by atoms with E-state index < -0.39 is 11.8 Å². The standard InChI is InChI=1S/C19H20ClN3O2/c1-19(2,3)14-10-8-13(9-11-14)12-21-23-18(25)17(24)22-16-7-5-4-6-15(16)20/h4-12H,1-3H3,(H,22,24)(H,23,25)/b21-12+. The molecular weight excluding hydrogens is 338 g/mol. The van der Waals surface area contributed by atoms with Crippen LogP contribution in [-0.4, -0.2) is 18.0 Å². The second-order valence-electron chi connectivity index (χ2n) is 6.51. The van der Waals surface area contributed by atoms with Crippen LogP contribution >= 0.6 is 11.6 Å². The van der Waals surface area contributed by atoms with Crippen molar-refractivity contribution in [1.82, 2.24) is 5.43 Å². The van der Waals surface area contributed by atoms with Crippen LogP contribution in [-0.2, 0) is 15.0 Å². The van der Waals surface area contributed by atoms with Gasteiger partial charge in [-0.25, -0.2) is 5.43 Å². The number of rotatable bonds is 3. The summed E-state index contributed by atoms with van der Waals surface area (Å²) in [7, 11) is 0. The van der Waals surface area contributed by atoms with Gasteiger partial charge in [-0.15, -0.1) is 0 Å². The van der Waals surface area contributed by atoms with Crippen LogP contribution < -0.4 is 10.7 Å². The van der Waals surface area contributed by atoms with Crippen molar-refractivity contribution >= 4 is 35.3 Å². The molecule has 2 aromatic carbocycles. The van der Waals surface area contributed by atoms with E-state index in [-0.39, 0.29) is 5.41 Å². The molecule has 0 unspecified atom stereocenters. The molecule has 0 bridgehead atoms. The van der Waals surface area contributed by atoms with E-state index in [1.165, 1.54) is 11.8 Å². The molecule has 0 aliphatic rings. The Morgan fingerprint density at radius 3 is 2.24 bits per heavy atom. The number of amides is 2. The van der Waals surface area contributed by atoms with E-state index in [9.17, 15) is 9.59 Å². The molecule has 0 heterocycles. The van der Waals surface area contributed by atoms with Gasteiger partial charge in [0.1, 0.15) is 0 Å². The minimum absolute atomic E-state index is 0.0701. The summed E-state index contributed by atoms with van der Waals surface area (Å²) in [4.78, 5) is 23.6. The Morgan fingerprint density at radius 2 is 1.64 bits per heavy atom. The summed E-state index contributed by atoms with van der Waals surface area (Å²) in [6.07, 6.45) is 1.48. The Bertz CT molecular complexity index is 793. The number of hydrazone groups is 1. The van der Waals surface area contributed by atoms with Gasteiger partial charge in [0.05, 0.1) is 16.9 Å². The molecule has 0 saturated heterocycles. The van der Waals surface area contributed by atoms with Crippen molar-refractivity contribution in [3.63, 3.8) is 0 Å². The zero-order valence-corrected chi connectivity index (χ0v) is 15.1. The van der Waals surface area contributed by atoms with E-state index in [0.717, 1.165) is 5.56 Å². The molecule has 0 aliphatic heterocycles. The number of hydrogen-bond acceptors (Lipinski definition) is 3. The van der Waals surface area contributed by atoms with Gasteiger partial charge < -0.3 is 5.32 Å². The molecule has 25 heavy (non-hydrogen) atoms. The van der Waals surface area contributed by atoms with E-state index in [0.29, 0.717) is 10.7 Å². The second kappa shape index (κ2) is 7.94. The van der Waals surface area contributed by atoms with Crippen molar-refractivity contribution in [3.05, 3.63) is 64.7 Å². The molecule has 0 spiro atoms. The highest BCUT2D eigenvalue weighted by Crippen LogP contribution is 2.22. The highest BCUT2D eigenvalue weighted by atomic mass is 35.5. The normalized spacial score (nSPS) is 11.4. The minimum Gasteiger partial charge on any atom is -0.316 e. The number of carbonyl (C=O) groups is 2. The first-order valence-electron chi connectivity index (χ1n) is 7.77. The van der Waals surface area contributed by atoms with Gasteiger partial charge in [-0.3, -0.25) is 9.59 Å². The summed E-state index contributed by atoms with van der Waals surface area (Å²) in [6.45, 7) is 6.40. The van der Waals surface area contributed by atoms with Crippen LogP contribution in [0.2, 0.25) is 5.02 Å². The predicted molar refractivity (Wildman–Crippen MR) is 101 cm³/mol. The van der Waals surface area contributed by atoms with E-state index in [1.807, 2.05) is 24.3 Å². The van der Waals surface area contributed by atoms with E-state index >= 15 is 0 Å². The maximum atomic E-state index is 11.8. The van der Waals surface area contributed by atoms with Crippen molar-refractivity contribution in [2.75, 3.05) is 5.32 Å². The van der Waals surface area contributed by atoms with E-state index in [2.05, 4.69) is 36.6 Å². The topological polar surface area (TPSA) is 70.6 Å². The van der Waals surface area contributed by atoms with Crippen molar-refractivity contribution in [2.45, 2.75) is 26.2 Å². The largest absolute Gasteiger partial charge is 0.329 e. The Labute approximate surface area is 152 Å². The van der Waals surface area contributed by atoms with Gasteiger partial charge in [0.2, 0.25) is 0 Å². The smallest absolute Gasteiger partial charge is 0.316 e. The molecule has 0 saturated carbocycles. The number of nitrogens with one attached hydrogen (secondary N) is 2. The molecule has 0 aliphatic carbocycles. The molecule has 6 heteroatoms. The lowest BCUT2D eigenvalue weighted by Gasteiger charge is -2.18. The third-order valence-electron chi connectivity index (χ3n) is 3.48. The lowest BCUT2D eigenvalue weighted by atomic mass is 9.87. The molecular formula is C19H20ClN3O2. The predicted octanol–water partition coefficient (Wildman–Crippen LogP) is 3.73. The van der Waals surface area contributed by atoms with Crippen LogP contribution in [0.1, 0.15) is 31.9 Å². The fourth-order valence-corrected chi connectivity index (χ4v) is 2.21. The SMILES string of the molecule is CC(C)(C)c1ccc(/C=N/NC(=O)C(=O)Nc2ccccc2Cl)cc1. The first kappa shape index (κ1) is 18.7. The van der Waals surface area contributed by atoms with Crippen molar-refractivity contribution < 1.29 is 9.59 Å². The average molecular weight is 358 g/mol. The summed E-state index contributed by atoms with van der Waals surface area (Å²) < 4.78 is 0. The lowest BCUT2D eigenvalue weighted by molar-refractivity contribution is -0.136. The molecule has 2 amide bonds. The van der Waals surface area contributed by atoms with Gasteiger partial charge >= 0.3 is 11.8 Å². The monoisotopic (exact) mass is 357 g/mol. The van der Waals surface area contributed by atoms with Crippen LogP contribution in [0.25, 0.3) is 0 Å². The Kier molecular flexibility index (Phi) is 5.93. The summed E-state index contributed by atoms with van der Waals surface area (Å²) in [5.74, 6) is -1.71. The zero-order valence-electron chi connectivity index (χ0n) is 14.3. The fraction of sp³-hybridized carbons (Fsp3) is 0.211. The molecule has 130 valence electrons. The molecule has 0 fully saturated rings. The van der Waals surface area contributed by atoms with Gasteiger partial charge in [0.25, 0.3) is 0 Å². The molecule has 5 nitrogen and oxygen atoms in total. The Balaban J connectivity index is 1.91. The van der Waals surface area contributed by atoms with Crippen LogP contribution in [0.5, 0.6) is 0 Å². The summed E-state index contributed by atoms with van der Waals surface area (Å²) in [6, 6.07) is 14.5. The maximum Gasteiger partial charge on any atom is 0.329 e. The lowest BCUT2D eigenvalue weighted by Crippen LogP contribution is -2.32.